The largest absolute Gasteiger partial charge is 0.497 e. The lowest BCUT2D eigenvalue weighted by Gasteiger charge is -2.16. The zero-order valence-electron chi connectivity index (χ0n) is 18.2. The average Bonchev–Trinajstić information content (AvgIpc) is 3.40. The first-order valence-electron chi connectivity index (χ1n) is 10.3. The number of aromatic nitrogens is 1. The third-order valence-corrected chi connectivity index (χ3v) is 7.67. The van der Waals surface area contributed by atoms with Gasteiger partial charge in [-0.15, -0.1) is 0 Å². The smallest absolute Gasteiger partial charge is 0.310 e. The highest BCUT2D eigenvalue weighted by atomic mass is 32.2. The van der Waals surface area contributed by atoms with Gasteiger partial charge in [0, 0.05) is 40.0 Å². The highest BCUT2D eigenvalue weighted by Gasteiger charge is 2.31. The van der Waals surface area contributed by atoms with Gasteiger partial charge in [-0.1, -0.05) is 0 Å². The molecule has 9 heteroatoms. The van der Waals surface area contributed by atoms with Crippen molar-refractivity contribution in [2.45, 2.75) is 32.7 Å². The van der Waals surface area contributed by atoms with E-state index in [9.17, 15) is 18.0 Å². The van der Waals surface area contributed by atoms with E-state index in [1.54, 1.807) is 32.2 Å². The van der Waals surface area contributed by atoms with Crippen LogP contribution in [0.15, 0.2) is 34.9 Å². The predicted octanol–water partition coefficient (Wildman–Crippen LogP) is 3.19. The topological polar surface area (TPSA) is 105 Å². The monoisotopic (exact) mass is 459 g/mol. The second-order valence-corrected chi connectivity index (χ2v) is 10.3. The molecule has 8 nitrogen and oxygen atoms in total. The second-order valence-electron chi connectivity index (χ2n) is 8.10. The van der Waals surface area contributed by atoms with E-state index in [2.05, 4.69) is 0 Å². The van der Waals surface area contributed by atoms with Crippen LogP contribution >= 0.6 is 0 Å². The Morgan fingerprint density at radius 3 is 2.69 bits per heavy atom. The summed E-state index contributed by atoms with van der Waals surface area (Å²) in [5.41, 5.74) is 3.23. The van der Waals surface area contributed by atoms with Gasteiger partial charge >= 0.3 is 5.97 Å². The number of ether oxygens (including phenoxy) is 2. The first-order chi connectivity index (χ1) is 15.2. The minimum atomic E-state index is -3.04. The third kappa shape index (κ3) is 4.29. The van der Waals surface area contributed by atoms with Crippen LogP contribution in [0.1, 0.15) is 39.8 Å². The Morgan fingerprint density at radius 2 is 2.00 bits per heavy atom. The summed E-state index contributed by atoms with van der Waals surface area (Å²) < 4.78 is 41.5. The van der Waals surface area contributed by atoms with Crippen LogP contribution in [0, 0.1) is 13.8 Å². The normalized spacial score (nSPS) is 17.5. The number of carbonyl (C=O) groups is 2. The van der Waals surface area contributed by atoms with E-state index in [-0.39, 0.29) is 36.4 Å². The lowest BCUT2D eigenvalue weighted by molar-refractivity contribution is -0.141. The number of hydrogen-bond donors (Lipinski definition) is 0. The van der Waals surface area contributed by atoms with Crippen molar-refractivity contribution in [1.82, 2.24) is 4.57 Å². The molecule has 1 unspecified atom stereocenters. The lowest BCUT2D eigenvalue weighted by Crippen LogP contribution is -2.17. The molecule has 0 N–H and O–H groups in total. The summed E-state index contributed by atoms with van der Waals surface area (Å²) in [5.74, 6) is 0.0361. The van der Waals surface area contributed by atoms with Gasteiger partial charge in [-0.25, -0.2) is 8.42 Å². The molecule has 1 aromatic carbocycles. The van der Waals surface area contributed by atoms with Crippen LogP contribution in [0.2, 0.25) is 0 Å². The van der Waals surface area contributed by atoms with Crippen molar-refractivity contribution in [3.8, 4) is 5.75 Å². The molecule has 4 rings (SSSR count). The van der Waals surface area contributed by atoms with Crippen LogP contribution < -0.4 is 4.74 Å². The van der Waals surface area contributed by atoms with Gasteiger partial charge in [0.25, 0.3) is 0 Å². The number of carbonyl (C=O) groups excluding carboxylic acids is 2. The van der Waals surface area contributed by atoms with Crippen molar-refractivity contribution < 1.29 is 31.9 Å². The summed E-state index contributed by atoms with van der Waals surface area (Å²) >= 11 is 0. The molecule has 1 aliphatic rings. The van der Waals surface area contributed by atoms with E-state index in [1.807, 2.05) is 17.6 Å². The Morgan fingerprint density at radius 1 is 1.22 bits per heavy atom. The molecule has 0 aliphatic carbocycles. The molecular formula is C23H25NO7S. The first kappa shape index (κ1) is 22.1. The van der Waals surface area contributed by atoms with Gasteiger partial charge in [0.1, 0.15) is 11.3 Å². The standard InChI is InChI=1S/C23H25NO7S/c1-14-8-20(15(2)24(14)17-6-7-32(27,28)13-17)21(25)12-31-23(26)9-16-11-30-22-10-18(29-3)4-5-19(16)22/h4-5,8,10-11,17H,6-7,9,12-13H2,1-3H3. The number of benzene rings is 1. The highest BCUT2D eigenvalue weighted by molar-refractivity contribution is 7.91. The number of rotatable bonds is 7. The fraction of sp³-hybridized carbons (Fsp3) is 0.391. The quantitative estimate of drug-likeness (QED) is 0.395. The highest BCUT2D eigenvalue weighted by Crippen LogP contribution is 2.29. The zero-order valence-corrected chi connectivity index (χ0v) is 19.0. The molecule has 0 spiro atoms. The Bertz CT molecular complexity index is 1300. The first-order valence-corrected chi connectivity index (χ1v) is 12.1. The number of furan rings is 1. The van der Waals surface area contributed by atoms with Gasteiger partial charge in [-0.2, -0.15) is 0 Å². The van der Waals surface area contributed by atoms with Gasteiger partial charge in [-0.3, -0.25) is 9.59 Å². The molecule has 1 aliphatic heterocycles. The average molecular weight is 460 g/mol. The van der Waals surface area contributed by atoms with E-state index < -0.39 is 15.8 Å². The van der Waals surface area contributed by atoms with Crippen molar-refractivity contribution >= 4 is 32.6 Å². The van der Waals surface area contributed by atoms with E-state index >= 15 is 0 Å². The van der Waals surface area contributed by atoms with Crippen LogP contribution in [0.25, 0.3) is 11.0 Å². The molecule has 0 bridgehead atoms. The number of methoxy groups -OCH3 is 1. The van der Waals surface area contributed by atoms with Crippen molar-refractivity contribution in [3.05, 3.63) is 53.0 Å². The molecular weight excluding hydrogens is 434 g/mol. The van der Waals surface area contributed by atoms with Crippen LogP contribution in [0.4, 0.5) is 0 Å². The fourth-order valence-corrected chi connectivity index (χ4v) is 6.06. The zero-order chi connectivity index (χ0) is 23.0. The SMILES string of the molecule is COc1ccc2c(CC(=O)OCC(=O)c3cc(C)n(C4CCS(=O)(=O)C4)c3C)coc2c1. The van der Waals surface area contributed by atoms with Crippen molar-refractivity contribution in [3.63, 3.8) is 0 Å². The second kappa shape index (κ2) is 8.46. The Labute approximate surface area is 186 Å². The van der Waals surface area contributed by atoms with Gasteiger partial charge in [0.2, 0.25) is 5.78 Å². The third-order valence-electron chi connectivity index (χ3n) is 5.92. The van der Waals surface area contributed by atoms with Gasteiger partial charge < -0.3 is 18.5 Å². The number of aryl methyl sites for hydroxylation is 1. The van der Waals surface area contributed by atoms with Crippen LogP contribution in [0.5, 0.6) is 5.75 Å². The summed E-state index contributed by atoms with van der Waals surface area (Å²) in [6, 6.07) is 6.88. The number of hydrogen-bond acceptors (Lipinski definition) is 7. The summed E-state index contributed by atoms with van der Waals surface area (Å²) in [4.78, 5) is 25.1. The summed E-state index contributed by atoms with van der Waals surface area (Å²) in [7, 11) is -1.48. The van der Waals surface area contributed by atoms with Crippen LogP contribution in [0.3, 0.4) is 0 Å². The number of ketones is 1. The summed E-state index contributed by atoms with van der Waals surface area (Å²) in [6.45, 7) is 3.26. The molecule has 0 radical (unpaired) electrons. The van der Waals surface area contributed by atoms with E-state index in [1.165, 1.54) is 6.26 Å². The van der Waals surface area contributed by atoms with E-state index in [0.29, 0.717) is 34.6 Å². The van der Waals surface area contributed by atoms with Gasteiger partial charge in [-0.05, 0) is 38.5 Å². The molecule has 1 saturated heterocycles. The molecule has 3 aromatic rings. The molecule has 1 fully saturated rings. The molecule has 2 aromatic heterocycles. The summed E-state index contributed by atoms with van der Waals surface area (Å²) in [6.07, 6.45) is 2.01. The molecule has 0 amide bonds. The number of nitrogens with zero attached hydrogens (tertiary/aromatic N) is 1. The molecule has 3 heterocycles. The number of fused-ring (bicyclic) bond motifs is 1. The van der Waals surface area contributed by atoms with Gasteiger partial charge in [0.05, 0.1) is 31.3 Å². The molecule has 170 valence electrons. The van der Waals surface area contributed by atoms with E-state index in [4.69, 9.17) is 13.9 Å². The Hall–Kier alpha value is -3.07. The molecule has 1 atom stereocenters. The predicted molar refractivity (Wildman–Crippen MR) is 118 cm³/mol. The van der Waals surface area contributed by atoms with Crippen molar-refractivity contribution in [1.29, 1.82) is 0 Å². The lowest BCUT2D eigenvalue weighted by atomic mass is 10.1. The fourth-order valence-electron chi connectivity index (χ4n) is 4.36. The molecule has 32 heavy (non-hydrogen) atoms. The van der Waals surface area contributed by atoms with E-state index in [0.717, 1.165) is 11.1 Å². The van der Waals surface area contributed by atoms with Crippen molar-refractivity contribution in [2.24, 2.45) is 0 Å². The Balaban J connectivity index is 1.41. The summed E-state index contributed by atoms with van der Waals surface area (Å²) in [5, 5.41) is 0.782. The molecule has 0 saturated carbocycles. The van der Waals surface area contributed by atoms with Crippen LogP contribution in [-0.2, 0) is 25.8 Å². The number of Topliss-reactive ketones (excluding diaryl/α,β-unsaturated/α-hetero) is 1. The van der Waals surface area contributed by atoms with Gasteiger partial charge in [0.15, 0.2) is 16.4 Å². The maximum Gasteiger partial charge on any atom is 0.310 e. The Kier molecular flexibility index (Phi) is 5.85. The minimum Gasteiger partial charge on any atom is -0.497 e. The number of esters is 1. The number of sulfone groups is 1. The maximum atomic E-state index is 12.7. The van der Waals surface area contributed by atoms with Crippen molar-refractivity contribution in [2.75, 3.05) is 25.2 Å². The maximum absolute atomic E-state index is 12.7. The van der Waals surface area contributed by atoms with Crippen LogP contribution in [-0.4, -0.2) is 50.0 Å². The minimum absolute atomic E-state index is 0.0223.